The zero-order chi connectivity index (χ0) is 20.6. The molecular weight excluding hydrogens is 372 g/mol. The Balaban J connectivity index is 1.53. The monoisotopic (exact) mass is 398 g/mol. The molecule has 0 unspecified atom stereocenters. The van der Waals surface area contributed by atoms with E-state index in [0.29, 0.717) is 36.1 Å². The molecule has 2 amide bonds. The lowest BCUT2D eigenvalue weighted by molar-refractivity contribution is 0.0903. The zero-order valence-corrected chi connectivity index (χ0v) is 17.0. The number of nitrogens with one attached hydrogen (secondary N) is 2. The van der Waals surface area contributed by atoms with Gasteiger partial charge in [-0.3, -0.25) is 9.59 Å². The number of amides is 2. The molecule has 0 saturated heterocycles. The summed E-state index contributed by atoms with van der Waals surface area (Å²) < 4.78 is 12.6. The SMILES string of the molecule is CC(C)(C)NC(=O)c1nc(C(=O)NCc2ccc3c(c2)OCO3)c2n1CCCC2. The molecule has 0 saturated carbocycles. The van der Waals surface area contributed by atoms with Crippen molar-refractivity contribution in [1.29, 1.82) is 0 Å². The van der Waals surface area contributed by atoms with Crippen molar-refractivity contribution in [3.05, 3.63) is 41.0 Å². The summed E-state index contributed by atoms with van der Waals surface area (Å²) in [5.41, 5.74) is 1.70. The number of ether oxygens (including phenoxy) is 2. The maximum absolute atomic E-state index is 12.9. The smallest absolute Gasteiger partial charge is 0.287 e. The topological polar surface area (TPSA) is 94.5 Å². The van der Waals surface area contributed by atoms with Gasteiger partial charge in [0.1, 0.15) is 5.69 Å². The van der Waals surface area contributed by atoms with Crippen LogP contribution in [0.5, 0.6) is 11.5 Å². The van der Waals surface area contributed by atoms with E-state index in [2.05, 4.69) is 15.6 Å². The molecule has 0 radical (unpaired) electrons. The summed E-state index contributed by atoms with van der Waals surface area (Å²) in [5.74, 6) is 1.16. The highest BCUT2D eigenvalue weighted by Gasteiger charge is 2.29. The summed E-state index contributed by atoms with van der Waals surface area (Å²) in [4.78, 5) is 30.0. The van der Waals surface area contributed by atoms with Gasteiger partial charge < -0.3 is 24.7 Å². The fourth-order valence-electron chi connectivity index (χ4n) is 3.61. The van der Waals surface area contributed by atoms with Gasteiger partial charge in [-0.25, -0.2) is 4.98 Å². The first kappa shape index (κ1) is 19.3. The fraction of sp³-hybridized carbons (Fsp3) is 0.476. The first-order chi connectivity index (χ1) is 13.8. The molecule has 0 fully saturated rings. The van der Waals surface area contributed by atoms with E-state index in [1.54, 1.807) is 0 Å². The van der Waals surface area contributed by atoms with Crippen LogP contribution < -0.4 is 20.1 Å². The minimum absolute atomic E-state index is 0.214. The summed E-state index contributed by atoms with van der Waals surface area (Å²) in [6.45, 7) is 7.01. The van der Waals surface area contributed by atoms with Gasteiger partial charge >= 0.3 is 0 Å². The molecule has 1 aromatic carbocycles. The van der Waals surface area contributed by atoms with Crippen LogP contribution in [0, 0.1) is 0 Å². The van der Waals surface area contributed by atoms with E-state index in [-0.39, 0.29) is 24.1 Å². The zero-order valence-electron chi connectivity index (χ0n) is 17.0. The Labute approximate surface area is 169 Å². The minimum Gasteiger partial charge on any atom is -0.454 e. The Morgan fingerprint density at radius 1 is 1.14 bits per heavy atom. The van der Waals surface area contributed by atoms with Gasteiger partial charge in [0.05, 0.1) is 5.69 Å². The number of nitrogens with zero attached hydrogens (tertiary/aromatic N) is 2. The van der Waals surface area contributed by atoms with Gasteiger partial charge in [-0.15, -0.1) is 0 Å². The molecule has 8 nitrogen and oxygen atoms in total. The van der Waals surface area contributed by atoms with Crippen molar-refractivity contribution >= 4 is 11.8 Å². The highest BCUT2D eigenvalue weighted by atomic mass is 16.7. The van der Waals surface area contributed by atoms with Crippen LogP contribution in [-0.4, -0.2) is 33.7 Å². The van der Waals surface area contributed by atoms with Crippen LogP contribution in [0.1, 0.15) is 66.0 Å². The number of carbonyl (C=O) groups excluding carboxylic acids is 2. The van der Waals surface area contributed by atoms with Gasteiger partial charge in [0, 0.05) is 18.6 Å². The standard InChI is InChI=1S/C21H26N4O4/c1-21(2,3)24-20(27)18-23-17(14-6-4-5-9-25(14)18)19(26)22-11-13-7-8-15-16(10-13)29-12-28-15/h7-8,10H,4-6,9,11-12H2,1-3H3,(H,22,26)(H,24,27). The van der Waals surface area contributed by atoms with Crippen molar-refractivity contribution in [2.24, 2.45) is 0 Å². The number of rotatable bonds is 4. The molecule has 29 heavy (non-hydrogen) atoms. The molecule has 2 aliphatic rings. The van der Waals surface area contributed by atoms with E-state index in [4.69, 9.17) is 9.47 Å². The predicted molar refractivity (Wildman–Crippen MR) is 106 cm³/mol. The van der Waals surface area contributed by atoms with Crippen molar-refractivity contribution in [2.45, 2.75) is 58.7 Å². The molecule has 3 heterocycles. The second kappa shape index (κ2) is 7.42. The number of hydrogen-bond acceptors (Lipinski definition) is 5. The summed E-state index contributed by atoms with van der Waals surface area (Å²) >= 11 is 0. The van der Waals surface area contributed by atoms with E-state index in [1.807, 2.05) is 43.5 Å². The van der Waals surface area contributed by atoms with Crippen LogP contribution in [-0.2, 0) is 19.5 Å². The predicted octanol–water partition coefficient (Wildman–Crippen LogP) is 2.41. The Morgan fingerprint density at radius 2 is 1.93 bits per heavy atom. The Bertz CT molecular complexity index is 958. The van der Waals surface area contributed by atoms with Crippen LogP contribution in [0.4, 0.5) is 0 Å². The molecule has 2 aliphatic heterocycles. The first-order valence-electron chi connectivity index (χ1n) is 9.90. The Hall–Kier alpha value is -3.03. The normalized spacial score (nSPS) is 15.0. The maximum Gasteiger partial charge on any atom is 0.287 e. The average Bonchev–Trinajstić information content (AvgIpc) is 3.29. The Morgan fingerprint density at radius 3 is 2.72 bits per heavy atom. The van der Waals surface area contributed by atoms with Crippen molar-refractivity contribution < 1.29 is 19.1 Å². The molecule has 4 rings (SSSR count). The van der Waals surface area contributed by atoms with E-state index >= 15 is 0 Å². The molecule has 0 spiro atoms. The second-order valence-electron chi connectivity index (χ2n) is 8.41. The number of fused-ring (bicyclic) bond motifs is 2. The van der Waals surface area contributed by atoms with E-state index < -0.39 is 0 Å². The lowest BCUT2D eigenvalue weighted by Gasteiger charge is -2.22. The van der Waals surface area contributed by atoms with E-state index in [1.165, 1.54) is 0 Å². The van der Waals surface area contributed by atoms with Gasteiger partial charge in [0.15, 0.2) is 17.3 Å². The van der Waals surface area contributed by atoms with Crippen molar-refractivity contribution in [2.75, 3.05) is 6.79 Å². The third-order valence-corrected chi connectivity index (χ3v) is 4.91. The second-order valence-corrected chi connectivity index (χ2v) is 8.41. The van der Waals surface area contributed by atoms with Crippen LogP contribution in [0.25, 0.3) is 0 Å². The summed E-state index contributed by atoms with van der Waals surface area (Å²) in [6, 6.07) is 5.57. The first-order valence-corrected chi connectivity index (χ1v) is 9.90. The lowest BCUT2D eigenvalue weighted by atomic mass is 10.1. The van der Waals surface area contributed by atoms with Crippen molar-refractivity contribution in [3.63, 3.8) is 0 Å². The molecule has 2 aromatic rings. The molecular formula is C21H26N4O4. The summed E-state index contributed by atoms with van der Waals surface area (Å²) in [7, 11) is 0. The molecule has 0 atom stereocenters. The van der Waals surface area contributed by atoms with E-state index in [0.717, 1.165) is 30.5 Å². The number of benzene rings is 1. The quantitative estimate of drug-likeness (QED) is 0.825. The minimum atomic E-state index is -0.375. The fourth-order valence-corrected chi connectivity index (χ4v) is 3.61. The van der Waals surface area contributed by atoms with E-state index in [9.17, 15) is 9.59 Å². The van der Waals surface area contributed by atoms with Gasteiger partial charge in [0.2, 0.25) is 6.79 Å². The van der Waals surface area contributed by atoms with Crippen molar-refractivity contribution in [1.82, 2.24) is 20.2 Å². The van der Waals surface area contributed by atoms with Gasteiger partial charge in [-0.05, 0) is 57.7 Å². The summed E-state index contributed by atoms with van der Waals surface area (Å²) in [5, 5.41) is 5.85. The number of carbonyl (C=O) groups is 2. The highest BCUT2D eigenvalue weighted by molar-refractivity contribution is 5.97. The maximum atomic E-state index is 12.9. The average molecular weight is 398 g/mol. The van der Waals surface area contributed by atoms with Gasteiger partial charge in [-0.2, -0.15) is 0 Å². The molecule has 1 aromatic heterocycles. The van der Waals surface area contributed by atoms with Crippen LogP contribution in [0.15, 0.2) is 18.2 Å². The Kier molecular flexibility index (Phi) is 4.94. The summed E-state index contributed by atoms with van der Waals surface area (Å²) in [6.07, 6.45) is 2.69. The van der Waals surface area contributed by atoms with Crippen molar-refractivity contribution in [3.8, 4) is 11.5 Å². The van der Waals surface area contributed by atoms with Gasteiger partial charge in [-0.1, -0.05) is 6.07 Å². The highest BCUT2D eigenvalue weighted by Crippen LogP contribution is 2.32. The number of imidazole rings is 1. The lowest BCUT2D eigenvalue weighted by Crippen LogP contribution is -2.42. The van der Waals surface area contributed by atoms with Crippen LogP contribution in [0.2, 0.25) is 0 Å². The van der Waals surface area contributed by atoms with Gasteiger partial charge in [0.25, 0.3) is 11.8 Å². The van der Waals surface area contributed by atoms with Crippen LogP contribution in [0.3, 0.4) is 0 Å². The molecule has 154 valence electrons. The largest absolute Gasteiger partial charge is 0.454 e. The molecule has 0 aliphatic carbocycles. The third kappa shape index (κ3) is 4.06. The number of hydrogen-bond donors (Lipinski definition) is 2. The number of aromatic nitrogens is 2. The molecule has 0 bridgehead atoms. The molecule has 8 heteroatoms. The third-order valence-electron chi connectivity index (χ3n) is 4.91. The van der Waals surface area contributed by atoms with Crippen LogP contribution >= 0.6 is 0 Å². The molecule has 2 N–H and O–H groups in total.